The number of carbonyl (C=O) groups is 1. The summed E-state index contributed by atoms with van der Waals surface area (Å²) in [4.78, 5) is 11.7. The lowest BCUT2D eigenvalue weighted by molar-refractivity contribution is -0.119. The Morgan fingerprint density at radius 3 is 2.57 bits per heavy atom. The minimum atomic E-state index is -0.0171. The maximum atomic E-state index is 11.7. The van der Waals surface area contributed by atoms with Gasteiger partial charge in [-0.15, -0.1) is 0 Å². The van der Waals surface area contributed by atoms with Crippen LogP contribution in [0, 0.1) is 5.41 Å². The van der Waals surface area contributed by atoms with E-state index in [1.807, 2.05) is 0 Å². The lowest BCUT2D eigenvalue weighted by Gasteiger charge is -2.26. The van der Waals surface area contributed by atoms with Crippen molar-refractivity contribution in [1.29, 1.82) is 0 Å². The van der Waals surface area contributed by atoms with Crippen LogP contribution in [0.3, 0.4) is 0 Å². The number of nitrogens with one attached hydrogen (secondary N) is 1. The summed E-state index contributed by atoms with van der Waals surface area (Å²) in [6.07, 6.45) is 1.61. The van der Waals surface area contributed by atoms with E-state index in [0.29, 0.717) is 6.42 Å². The van der Waals surface area contributed by atoms with E-state index in [4.69, 9.17) is 0 Å². The van der Waals surface area contributed by atoms with Gasteiger partial charge in [0, 0.05) is 6.42 Å². The standard InChI is InChI=1S/C19H19NO/c1-19(2)11-17(21)20-18(19)13-7-8-16-14(10-13)9-12-5-3-4-6-15(12)16/h3-8,10,18H,9,11H2,1-2H3,(H,20,21). The van der Waals surface area contributed by atoms with Crippen molar-refractivity contribution in [3.8, 4) is 11.1 Å². The molecular weight excluding hydrogens is 258 g/mol. The number of benzene rings is 2. The van der Waals surface area contributed by atoms with Crippen LogP contribution in [0.15, 0.2) is 42.5 Å². The maximum Gasteiger partial charge on any atom is 0.221 e. The average Bonchev–Trinajstić information content (AvgIpc) is 2.94. The molecule has 106 valence electrons. The van der Waals surface area contributed by atoms with Gasteiger partial charge in [0.15, 0.2) is 0 Å². The summed E-state index contributed by atoms with van der Waals surface area (Å²) in [5, 5.41) is 3.13. The SMILES string of the molecule is CC1(C)CC(=O)NC1c1ccc2c(c1)Cc1ccccc1-2. The Kier molecular flexibility index (Phi) is 2.53. The molecule has 21 heavy (non-hydrogen) atoms. The van der Waals surface area contributed by atoms with Crippen LogP contribution in [0.1, 0.15) is 43.0 Å². The molecule has 1 amide bonds. The van der Waals surface area contributed by atoms with Crippen LogP contribution in [0.5, 0.6) is 0 Å². The van der Waals surface area contributed by atoms with E-state index in [1.165, 1.54) is 27.8 Å². The highest BCUT2D eigenvalue weighted by molar-refractivity contribution is 5.81. The molecule has 1 unspecified atom stereocenters. The Balaban J connectivity index is 1.76. The second kappa shape index (κ2) is 4.20. The number of carbonyl (C=O) groups excluding carboxylic acids is 1. The molecule has 0 spiro atoms. The van der Waals surface area contributed by atoms with Crippen LogP contribution in [0.4, 0.5) is 0 Å². The van der Waals surface area contributed by atoms with Crippen molar-refractivity contribution in [1.82, 2.24) is 5.32 Å². The van der Waals surface area contributed by atoms with Crippen molar-refractivity contribution < 1.29 is 4.79 Å². The highest BCUT2D eigenvalue weighted by atomic mass is 16.2. The van der Waals surface area contributed by atoms with Crippen LogP contribution in [0.2, 0.25) is 0 Å². The first-order valence-electron chi connectivity index (χ1n) is 7.55. The van der Waals surface area contributed by atoms with Gasteiger partial charge < -0.3 is 5.32 Å². The van der Waals surface area contributed by atoms with Crippen molar-refractivity contribution in [3.05, 3.63) is 59.2 Å². The van der Waals surface area contributed by atoms with E-state index in [1.54, 1.807) is 0 Å². The van der Waals surface area contributed by atoms with Crippen molar-refractivity contribution in [3.63, 3.8) is 0 Å². The number of amides is 1. The molecule has 0 bridgehead atoms. The largest absolute Gasteiger partial charge is 0.349 e. The minimum absolute atomic E-state index is 0.0171. The Bertz CT molecular complexity index is 745. The van der Waals surface area contributed by atoms with Gasteiger partial charge in [0.2, 0.25) is 5.91 Å². The smallest absolute Gasteiger partial charge is 0.221 e. The van der Waals surface area contributed by atoms with Gasteiger partial charge in [-0.1, -0.05) is 56.3 Å². The zero-order valence-corrected chi connectivity index (χ0v) is 12.4. The normalized spacial score (nSPS) is 21.8. The van der Waals surface area contributed by atoms with Gasteiger partial charge in [0.1, 0.15) is 0 Å². The van der Waals surface area contributed by atoms with Crippen molar-refractivity contribution in [2.75, 3.05) is 0 Å². The van der Waals surface area contributed by atoms with Gasteiger partial charge in [-0.2, -0.15) is 0 Å². The van der Waals surface area contributed by atoms with Crippen LogP contribution in [-0.4, -0.2) is 5.91 Å². The van der Waals surface area contributed by atoms with Crippen LogP contribution in [0.25, 0.3) is 11.1 Å². The van der Waals surface area contributed by atoms with Crippen LogP contribution < -0.4 is 5.32 Å². The number of fused-ring (bicyclic) bond motifs is 3. The molecule has 0 saturated carbocycles. The summed E-state index contributed by atoms with van der Waals surface area (Å²) in [7, 11) is 0. The van der Waals surface area contributed by atoms with Crippen molar-refractivity contribution >= 4 is 5.91 Å². The second-order valence-corrected chi connectivity index (χ2v) is 6.92. The third kappa shape index (κ3) is 1.90. The van der Waals surface area contributed by atoms with E-state index in [-0.39, 0.29) is 17.4 Å². The topological polar surface area (TPSA) is 29.1 Å². The van der Waals surface area contributed by atoms with Gasteiger partial charge >= 0.3 is 0 Å². The predicted molar refractivity (Wildman–Crippen MR) is 84.0 cm³/mol. The molecule has 1 atom stereocenters. The average molecular weight is 277 g/mol. The molecule has 1 saturated heterocycles. The van der Waals surface area contributed by atoms with Crippen molar-refractivity contribution in [2.24, 2.45) is 5.41 Å². The van der Waals surface area contributed by atoms with Crippen molar-refractivity contribution in [2.45, 2.75) is 32.7 Å². The van der Waals surface area contributed by atoms with Gasteiger partial charge in [-0.25, -0.2) is 0 Å². The Morgan fingerprint density at radius 1 is 1.05 bits per heavy atom. The molecule has 0 aromatic heterocycles. The molecule has 1 fully saturated rings. The Hall–Kier alpha value is -2.09. The third-order valence-electron chi connectivity index (χ3n) is 4.85. The van der Waals surface area contributed by atoms with E-state index in [2.05, 4.69) is 61.6 Å². The fourth-order valence-electron chi connectivity index (χ4n) is 3.80. The van der Waals surface area contributed by atoms with E-state index in [9.17, 15) is 4.79 Å². The number of rotatable bonds is 1. The highest BCUT2D eigenvalue weighted by Crippen LogP contribution is 2.43. The monoisotopic (exact) mass is 277 g/mol. The fourth-order valence-corrected chi connectivity index (χ4v) is 3.80. The summed E-state index contributed by atoms with van der Waals surface area (Å²) in [6.45, 7) is 4.33. The molecule has 1 heterocycles. The summed E-state index contributed by atoms with van der Waals surface area (Å²) in [6, 6.07) is 15.4. The third-order valence-corrected chi connectivity index (χ3v) is 4.85. The molecule has 4 rings (SSSR count). The lowest BCUT2D eigenvalue weighted by atomic mass is 9.80. The molecule has 2 aromatic rings. The first-order valence-corrected chi connectivity index (χ1v) is 7.55. The Labute approximate surface area is 125 Å². The molecule has 2 heteroatoms. The van der Waals surface area contributed by atoms with E-state index < -0.39 is 0 Å². The molecule has 2 nitrogen and oxygen atoms in total. The van der Waals surface area contributed by atoms with Gasteiger partial charge in [-0.3, -0.25) is 4.79 Å². The van der Waals surface area contributed by atoms with E-state index >= 15 is 0 Å². The van der Waals surface area contributed by atoms with Crippen LogP contribution >= 0.6 is 0 Å². The zero-order valence-electron chi connectivity index (χ0n) is 12.4. The molecule has 2 aromatic carbocycles. The quantitative estimate of drug-likeness (QED) is 0.719. The lowest BCUT2D eigenvalue weighted by Crippen LogP contribution is -2.24. The summed E-state index contributed by atoms with van der Waals surface area (Å²) >= 11 is 0. The molecule has 1 aliphatic carbocycles. The van der Waals surface area contributed by atoms with Gasteiger partial charge in [-0.05, 0) is 39.7 Å². The number of hydrogen-bond donors (Lipinski definition) is 1. The first kappa shape index (κ1) is 12.6. The second-order valence-electron chi connectivity index (χ2n) is 6.92. The predicted octanol–water partition coefficient (Wildman–Crippen LogP) is 3.85. The summed E-state index contributed by atoms with van der Waals surface area (Å²) in [5.41, 5.74) is 6.70. The molecule has 0 radical (unpaired) electrons. The molecule has 2 aliphatic rings. The van der Waals surface area contributed by atoms with Crippen LogP contribution in [-0.2, 0) is 11.2 Å². The zero-order chi connectivity index (χ0) is 14.6. The molecule has 1 aliphatic heterocycles. The maximum absolute atomic E-state index is 11.7. The highest BCUT2D eigenvalue weighted by Gasteiger charge is 2.40. The fraction of sp³-hybridized carbons (Fsp3) is 0.316. The summed E-state index contributed by atoms with van der Waals surface area (Å²) in [5.74, 6) is 0.161. The first-order chi connectivity index (χ1) is 10.0. The van der Waals surface area contributed by atoms with Gasteiger partial charge in [0.05, 0.1) is 6.04 Å². The Morgan fingerprint density at radius 2 is 1.81 bits per heavy atom. The molecule has 1 N–H and O–H groups in total. The minimum Gasteiger partial charge on any atom is -0.349 e. The number of hydrogen-bond acceptors (Lipinski definition) is 1. The summed E-state index contributed by atoms with van der Waals surface area (Å²) < 4.78 is 0. The van der Waals surface area contributed by atoms with Gasteiger partial charge in [0.25, 0.3) is 0 Å². The van der Waals surface area contributed by atoms with E-state index in [0.717, 1.165) is 6.42 Å². The molecular formula is C19H19NO.